The molecule has 0 bridgehead atoms. The second-order valence-corrected chi connectivity index (χ2v) is 5.71. The number of aryl methyl sites for hydroxylation is 1. The second-order valence-electron chi connectivity index (χ2n) is 4.70. The number of amides is 1. The van der Waals surface area contributed by atoms with Crippen LogP contribution in [0, 0.1) is 0 Å². The van der Waals surface area contributed by atoms with E-state index in [1.165, 1.54) is 17.3 Å². The van der Waals surface area contributed by atoms with E-state index in [0.717, 1.165) is 23.4 Å². The number of nitrogens with zero attached hydrogens (tertiary/aromatic N) is 1. The number of hydrogen-bond donors (Lipinski definition) is 2. The van der Waals surface area contributed by atoms with Gasteiger partial charge >= 0.3 is 0 Å². The van der Waals surface area contributed by atoms with Gasteiger partial charge in [0, 0.05) is 16.8 Å². The standard InChI is InChI=1S/C16H19N3OS/c1-2-3-12-4-6-13(7-5-12)19-16(20)11-21-15-8-9-18-10-14(15)17/h4-10H,2-3,11,17H2,1H3,(H,19,20). The number of rotatable bonds is 6. The van der Waals surface area contributed by atoms with Crippen LogP contribution in [0.3, 0.4) is 0 Å². The molecule has 1 aromatic heterocycles. The molecule has 4 nitrogen and oxygen atoms in total. The van der Waals surface area contributed by atoms with Gasteiger partial charge in [-0.1, -0.05) is 25.5 Å². The number of pyridine rings is 1. The molecule has 0 atom stereocenters. The number of benzene rings is 1. The Kier molecular flexibility index (Phi) is 5.63. The summed E-state index contributed by atoms with van der Waals surface area (Å²) in [6.07, 6.45) is 5.44. The number of nitrogens with two attached hydrogens (primary N) is 1. The van der Waals surface area contributed by atoms with Crippen molar-refractivity contribution >= 4 is 29.0 Å². The average molecular weight is 301 g/mol. The third-order valence-electron chi connectivity index (χ3n) is 2.95. The highest BCUT2D eigenvalue weighted by Gasteiger charge is 2.06. The van der Waals surface area contributed by atoms with Crippen LogP contribution in [0.1, 0.15) is 18.9 Å². The van der Waals surface area contributed by atoms with E-state index in [4.69, 9.17) is 5.73 Å². The van der Waals surface area contributed by atoms with Crippen molar-refractivity contribution < 1.29 is 4.79 Å². The molecule has 0 saturated heterocycles. The predicted octanol–water partition coefficient (Wildman–Crippen LogP) is 3.35. The van der Waals surface area contributed by atoms with E-state index in [1.54, 1.807) is 12.4 Å². The molecule has 3 N–H and O–H groups in total. The van der Waals surface area contributed by atoms with Gasteiger partial charge in [0.1, 0.15) is 0 Å². The van der Waals surface area contributed by atoms with Gasteiger partial charge in [-0.2, -0.15) is 0 Å². The second kappa shape index (κ2) is 7.69. The number of thioether (sulfide) groups is 1. The summed E-state index contributed by atoms with van der Waals surface area (Å²) in [5, 5.41) is 2.88. The molecule has 1 amide bonds. The molecule has 0 aliphatic carbocycles. The van der Waals surface area contributed by atoms with Crippen LogP contribution in [0.25, 0.3) is 0 Å². The maximum absolute atomic E-state index is 11.9. The molecule has 5 heteroatoms. The van der Waals surface area contributed by atoms with E-state index in [2.05, 4.69) is 17.2 Å². The van der Waals surface area contributed by atoms with Crippen molar-refractivity contribution in [2.45, 2.75) is 24.7 Å². The van der Waals surface area contributed by atoms with Gasteiger partial charge < -0.3 is 11.1 Å². The Hall–Kier alpha value is -2.01. The monoisotopic (exact) mass is 301 g/mol. The van der Waals surface area contributed by atoms with Crippen LogP contribution in [-0.4, -0.2) is 16.6 Å². The Bertz CT molecular complexity index is 599. The fraction of sp³-hybridized carbons (Fsp3) is 0.250. The van der Waals surface area contributed by atoms with Gasteiger partial charge in [-0.25, -0.2) is 0 Å². The van der Waals surface area contributed by atoms with E-state index in [0.29, 0.717) is 11.4 Å². The Morgan fingerprint density at radius 1 is 1.29 bits per heavy atom. The zero-order valence-corrected chi connectivity index (χ0v) is 12.8. The zero-order chi connectivity index (χ0) is 15.1. The van der Waals surface area contributed by atoms with Crippen LogP contribution in [0.2, 0.25) is 0 Å². The van der Waals surface area contributed by atoms with E-state index >= 15 is 0 Å². The maximum atomic E-state index is 11.9. The summed E-state index contributed by atoms with van der Waals surface area (Å²) in [7, 11) is 0. The molecular formula is C16H19N3OS. The normalized spacial score (nSPS) is 10.3. The molecule has 2 rings (SSSR count). The van der Waals surface area contributed by atoms with Gasteiger partial charge in [0.05, 0.1) is 17.6 Å². The molecular weight excluding hydrogens is 282 g/mol. The summed E-state index contributed by atoms with van der Waals surface area (Å²) in [4.78, 5) is 16.7. The number of aromatic nitrogens is 1. The molecule has 0 aliphatic rings. The lowest BCUT2D eigenvalue weighted by Gasteiger charge is -2.07. The van der Waals surface area contributed by atoms with E-state index < -0.39 is 0 Å². The largest absolute Gasteiger partial charge is 0.397 e. The third-order valence-corrected chi connectivity index (χ3v) is 4.03. The Balaban J connectivity index is 1.85. The highest BCUT2D eigenvalue weighted by Crippen LogP contribution is 2.23. The molecule has 2 aromatic rings. The number of hydrogen-bond acceptors (Lipinski definition) is 4. The topological polar surface area (TPSA) is 68.0 Å². The molecule has 1 aromatic carbocycles. The molecule has 21 heavy (non-hydrogen) atoms. The SMILES string of the molecule is CCCc1ccc(NC(=O)CSc2ccncc2N)cc1. The van der Waals surface area contributed by atoms with Crippen molar-refractivity contribution in [1.82, 2.24) is 4.98 Å². The van der Waals surface area contributed by atoms with Crippen molar-refractivity contribution in [2.24, 2.45) is 0 Å². The van der Waals surface area contributed by atoms with Crippen LogP contribution in [0.15, 0.2) is 47.6 Å². The Morgan fingerprint density at radius 2 is 2.05 bits per heavy atom. The van der Waals surface area contributed by atoms with Crippen molar-refractivity contribution in [3.8, 4) is 0 Å². The minimum Gasteiger partial charge on any atom is -0.397 e. The van der Waals surface area contributed by atoms with Crippen molar-refractivity contribution in [3.63, 3.8) is 0 Å². The minimum absolute atomic E-state index is 0.0422. The lowest BCUT2D eigenvalue weighted by molar-refractivity contribution is -0.113. The molecule has 0 radical (unpaired) electrons. The summed E-state index contributed by atoms with van der Waals surface area (Å²) in [5.41, 5.74) is 8.49. The van der Waals surface area contributed by atoms with Crippen LogP contribution in [0.5, 0.6) is 0 Å². The van der Waals surface area contributed by atoms with Gasteiger partial charge in [-0.15, -0.1) is 11.8 Å². The first kappa shape index (κ1) is 15.4. The number of anilines is 2. The number of nitrogens with one attached hydrogen (secondary N) is 1. The molecule has 0 unspecified atom stereocenters. The highest BCUT2D eigenvalue weighted by molar-refractivity contribution is 8.00. The lowest BCUT2D eigenvalue weighted by atomic mass is 10.1. The molecule has 1 heterocycles. The van der Waals surface area contributed by atoms with E-state index in [1.807, 2.05) is 30.3 Å². The molecule has 0 aliphatic heterocycles. The molecule has 0 spiro atoms. The highest BCUT2D eigenvalue weighted by atomic mass is 32.2. The molecule has 0 fully saturated rings. The van der Waals surface area contributed by atoms with E-state index in [-0.39, 0.29) is 5.91 Å². The van der Waals surface area contributed by atoms with Crippen LogP contribution < -0.4 is 11.1 Å². The van der Waals surface area contributed by atoms with E-state index in [9.17, 15) is 4.79 Å². The van der Waals surface area contributed by atoms with Crippen molar-refractivity contribution in [1.29, 1.82) is 0 Å². The van der Waals surface area contributed by atoms with Crippen molar-refractivity contribution in [2.75, 3.05) is 16.8 Å². The first-order valence-electron chi connectivity index (χ1n) is 6.90. The zero-order valence-electron chi connectivity index (χ0n) is 12.0. The van der Waals surface area contributed by atoms with Gasteiger partial charge in [-0.05, 0) is 30.2 Å². The maximum Gasteiger partial charge on any atom is 0.234 e. The van der Waals surface area contributed by atoms with Crippen molar-refractivity contribution in [3.05, 3.63) is 48.3 Å². The number of nitrogen functional groups attached to an aromatic ring is 1. The summed E-state index contributed by atoms with van der Waals surface area (Å²) in [6, 6.07) is 9.79. The summed E-state index contributed by atoms with van der Waals surface area (Å²) < 4.78 is 0. The first-order chi connectivity index (χ1) is 10.2. The number of carbonyl (C=O) groups excluding carboxylic acids is 1. The smallest absolute Gasteiger partial charge is 0.234 e. The van der Waals surface area contributed by atoms with Crippen LogP contribution >= 0.6 is 11.8 Å². The molecule has 0 saturated carbocycles. The fourth-order valence-corrected chi connectivity index (χ4v) is 2.64. The Morgan fingerprint density at radius 3 is 2.71 bits per heavy atom. The summed E-state index contributed by atoms with van der Waals surface area (Å²) in [6.45, 7) is 2.15. The number of carbonyl (C=O) groups is 1. The Labute approximate surface area is 129 Å². The van der Waals surface area contributed by atoms with Crippen LogP contribution in [-0.2, 0) is 11.2 Å². The van der Waals surface area contributed by atoms with Gasteiger partial charge in [0.15, 0.2) is 0 Å². The van der Waals surface area contributed by atoms with Gasteiger partial charge in [0.25, 0.3) is 0 Å². The summed E-state index contributed by atoms with van der Waals surface area (Å²) in [5.74, 6) is 0.282. The first-order valence-corrected chi connectivity index (χ1v) is 7.88. The third kappa shape index (κ3) is 4.79. The summed E-state index contributed by atoms with van der Waals surface area (Å²) >= 11 is 1.41. The van der Waals surface area contributed by atoms with Gasteiger partial charge in [-0.3, -0.25) is 9.78 Å². The minimum atomic E-state index is -0.0422. The fourth-order valence-electron chi connectivity index (χ4n) is 1.91. The average Bonchev–Trinajstić information content (AvgIpc) is 2.49. The van der Waals surface area contributed by atoms with Gasteiger partial charge in [0.2, 0.25) is 5.91 Å². The quantitative estimate of drug-likeness (QED) is 0.803. The lowest BCUT2D eigenvalue weighted by Crippen LogP contribution is -2.14. The molecule has 110 valence electrons. The predicted molar refractivity (Wildman–Crippen MR) is 88.4 cm³/mol. The van der Waals surface area contributed by atoms with Crippen LogP contribution in [0.4, 0.5) is 11.4 Å².